The molecule has 0 aliphatic heterocycles. The van der Waals surface area contributed by atoms with Crippen molar-refractivity contribution in [3.63, 3.8) is 0 Å². The Bertz CT molecular complexity index is 757. The van der Waals surface area contributed by atoms with E-state index in [1.807, 2.05) is 24.3 Å². The fraction of sp³-hybridized carbons (Fsp3) is 0.125. The summed E-state index contributed by atoms with van der Waals surface area (Å²) in [6.07, 6.45) is -0.875. The van der Waals surface area contributed by atoms with Gasteiger partial charge >= 0.3 is 6.16 Å². The lowest BCUT2D eigenvalue weighted by Gasteiger charge is -2.04. The first-order valence-corrected chi connectivity index (χ1v) is 7.63. The van der Waals surface area contributed by atoms with Crippen LogP contribution in [0.4, 0.5) is 10.5 Å². The molecule has 24 heavy (non-hydrogen) atoms. The Morgan fingerprint density at radius 2 is 1.62 bits per heavy atom. The van der Waals surface area contributed by atoms with Gasteiger partial charge in [0.1, 0.15) is 0 Å². The molecule has 0 fully saturated rings. The smallest absolute Gasteiger partial charge is 0.436 e. The van der Waals surface area contributed by atoms with Crippen LogP contribution in [0.5, 0.6) is 0 Å². The molecule has 0 aromatic heterocycles. The standard InChI is InChI=1S/C16H14N2O5S/c1-11(17-23-16(19)22-2)12-3-7-14(8-4-12)24-15-9-5-13(6-10-15)18(20)21/h3-10H,1-2H3/b17-11+. The molecule has 0 radical (unpaired) electrons. The Balaban J connectivity index is 2.03. The average Bonchev–Trinajstić information content (AvgIpc) is 2.60. The van der Waals surface area contributed by atoms with E-state index < -0.39 is 11.1 Å². The molecule has 124 valence electrons. The van der Waals surface area contributed by atoms with E-state index in [2.05, 4.69) is 14.7 Å². The van der Waals surface area contributed by atoms with Crippen molar-refractivity contribution < 1.29 is 19.3 Å². The number of hydrogen-bond donors (Lipinski definition) is 0. The molecule has 2 aromatic carbocycles. The molecule has 0 unspecified atom stereocenters. The van der Waals surface area contributed by atoms with Crippen molar-refractivity contribution in [3.8, 4) is 0 Å². The number of ether oxygens (including phenoxy) is 1. The average molecular weight is 346 g/mol. The molecular weight excluding hydrogens is 332 g/mol. The van der Waals surface area contributed by atoms with Crippen LogP contribution in [-0.2, 0) is 9.57 Å². The van der Waals surface area contributed by atoms with E-state index in [0.29, 0.717) is 5.71 Å². The zero-order chi connectivity index (χ0) is 17.5. The maximum absolute atomic E-state index is 10.9. The molecule has 0 N–H and O–H groups in total. The SMILES string of the molecule is COC(=O)O/N=C(\C)c1ccc(Sc2ccc([N+](=O)[O-])cc2)cc1. The van der Waals surface area contributed by atoms with Gasteiger partial charge in [-0.1, -0.05) is 29.1 Å². The van der Waals surface area contributed by atoms with Crippen molar-refractivity contribution >= 4 is 29.3 Å². The van der Waals surface area contributed by atoms with E-state index >= 15 is 0 Å². The van der Waals surface area contributed by atoms with Gasteiger partial charge in [-0.05, 0) is 36.8 Å². The minimum Gasteiger partial charge on any atom is -0.436 e. The third-order valence-corrected chi connectivity index (χ3v) is 3.99. The summed E-state index contributed by atoms with van der Waals surface area (Å²) in [6, 6.07) is 13.8. The zero-order valence-electron chi connectivity index (χ0n) is 13.0. The first kappa shape index (κ1) is 17.5. The highest BCUT2D eigenvalue weighted by Crippen LogP contribution is 2.29. The molecule has 0 aliphatic carbocycles. The van der Waals surface area contributed by atoms with E-state index in [9.17, 15) is 14.9 Å². The second-order valence-corrected chi connectivity index (χ2v) is 5.75. The lowest BCUT2D eigenvalue weighted by molar-refractivity contribution is -0.384. The fourth-order valence-corrected chi connectivity index (χ4v) is 2.55. The lowest BCUT2D eigenvalue weighted by atomic mass is 10.1. The molecule has 0 saturated carbocycles. The van der Waals surface area contributed by atoms with Gasteiger partial charge in [0, 0.05) is 21.9 Å². The minimum absolute atomic E-state index is 0.0622. The number of methoxy groups -OCH3 is 1. The third kappa shape index (κ3) is 4.82. The summed E-state index contributed by atoms with van der Waals surface area (Å²) in [5, 5.41) is 14.3. The Morgan fingerprint density at radius 1 is 1.08 bits per heavy atom. The van der Waals surface area contributed by atoms with Gasteiger partial charge in [-0.2, -0.15) is 0 Å². The van der Waals surface area contributed by atoms with Crippen LogP contribution < -0.4 is 0 Å². The monoisotopic (exact) mass is 346 g/mol. The quantitative estimate of drug-likeness (QED) is 0.264. The summed E-state index contributed by atoms with van der Waals surface area (Å²) in [5.74, 6) is 0. The normalized spacial score (nSPS) is 11.0. The van der Waals surface area contributed by atoms with Crippen molar-refractivity contribution in [1.29, 1.82) is 0 Å². The highest BCUT2D eigenvalue weighted by molar-refractivity contribution is 7.99. The first-order chi connectivity index (χ1) is 11.5. The molecule has 0 bridgehead atoms. The number of carbonyl (C=O) groups excluding carboxylic acids is 1. The number of carbonyl (C=O) groups is 1. The summed E-state index contributed by atoms with van der Waals surface area (Å²) in [6.45, 7) is 1.71. The molecule has 8 heteroatoms. The van der Waals surface area contributed by atoms with E-state index in [1.165, 1.54) is 31.0 Å². The summed E-state index contributed by atoms with van der Waals surface area (Å²) in [7, 11) is 1.21. The lowest BCUT2D eigenvalue weighted by Crippen LogP contribution is -2.02. The predicted octanol–water partition coefficient (Wildman–Crippen LogP) is 4.25. The largest absolute Gasteiger partial charge is 0.534 e. The molecule has 0 heterocycles. The van der Waals surface area contributed by atoms with Crippen molar-refractivity contribution in [2.45, 2.75) is 16.7 Å². The van der Waals surface area contributed by atoms with Crippen LogP contribution in [0.25, 0.3) is 0 Å². The van der Waals surface area contributed by atoms with Gasteiger partial charge in [-0.15, -0.1) is 0 Å². The van der Waals surface area contributed by atoms with Gasteiger partial charge < -0.3 is 4.74 Å². The summed E-state index contributed by atoms with van der Waals surface area (Å²) in [5.41, 5.74) is 1.39. The molecular formula is C16H14N2O5S. The number of nitro benzene ring substituents is 1. The summed E-state index contributed by atoms with van der Waals surface area (Å²) >= 11 is 1.48. The fourth-order valence-electron chi connectivity index (χ4n) is 1.73. The number of non-ortho nitro benzene ring substituents is 1. The molecule has 0 aliphatic rings. The van der Waals surface area contributed by atoms with Gasteiger partial charge in [0.15, 0.2) is 0 Å². The second-order valence-electron chi connectivity index (χ2n) is 4.60. The highest BCUT2D eigenvalue weighted by Gasteiger charge is 2.06. The summed E-state index contributed by atoms with van der Waals surface area (Å²) in [4.78, 5) is 27.5. The number of benzene rings is 2. The van der Waals surface area contributed by atoms with Gasteiger partial charge in [-0.3, -0.25) is 15.0 Å². The molecule has 7 nitrogen and oxygen atoms in total. The van der Waals surface area contributed by atoms with Gasteiger partial charge in [0.25, 0.3) is 5.69 Å². The topological polar surface area (TPSA) is 91.0 Å². The first-order valence-electron chi connectivity index (χ1n) is 6.82. The number of nitro groups is 1. The molecule has 0 atom stereocenters. The second kappa shape index (κ2) is 8.11. The van der Waals surface area contributed by atoms with Crippen LogP contribution in [0, 0.1) is 10.1 Å². The number of rotatable bonds is 5. The predicted molar refractivity (Wildman–Crippen MR) is 89.4 cm³/mol. The Kier molecular flexibility index (Phi) is 5.91. The Hall–Kier alpha value is -2.87. The van der Waals surface area contributed by atoms with Gasteiger partial charge in [0.2, 0.25) is 0 Å². The van der Waals surface area contributed by atoms with Crippen LogP contribution in [-0.4, -0.2) is 23.9 Å². The van der Waals surface area contributed by atoms with E-state index in [1.54, 1.807) is 19.1 Å². The van der Waals surface area contributed by atoms with E-state index in [0.717, 1.165) is 15.4 Å². The Labute approximate surface area is 142 Å². The molecule has 0 spiro atoms. The summed E-state index contributed by atoms with van der Waals surface area (Å²) < 4.78 is 4.33. The van der Waals surface area contributed by atoms with E-state index in [-0.39, 0.29) is 5.69 Å². The van der Waals surface area contributed by atoms with Gasteiger partial charge in [-0.25, -0.2) is 4.79 Å². The van der Waals surface area contributed by atoms with Crippen LogP contribution >= 0.6 is 11.8 Å². The van der Waals surface area contributed by atoms with Crippen molar-refractivity contribution in [2.75, 3.05) is 7.11 Å². The zero-order valence-corrected chi connectivity index (χ0v) is 13.8. The highest BCUT2D eigenvalue weighted by atomic mass is 32.2. The number of oxime groups is 1. The number of hydrogen-bond acceptors (Lipinski definition) is 7. The molecule has 2 aromatic rings. The van der Waals surface area contributed by atoms with Crippen molar-refractivity contribution in [3.05, 3.63) is 64.2 Å². The maximum atomic E-state index is 10.9. The van der Waals surface area contributed by atoms with Crippen LogP contribution in [0.2, 0.25) is 0 Å². The van der Waals surface area contributed by atoms with Crippen molar-refractivity contribution in [2.24, 2.45) is 5.16 Å². The van der Waals surface area contributed by atoms with E-state index in [4.69, 9.17) is 0 Å². The van der Waals surface area contributed by atoms with Gasteiger partial charge in [0.05, 0.1) is 17.7 Å². The number of nitrogens with zero attached hydrogens (tertiary/aromatic N) is 2. The van der Waals surface area contributed by atoms with Crippen LogP contribution in [0.15, 0.2) is 63.5 Å². The molecule has 0 amide bonds. The third-order valence-electron chi connectivity index (χ3n) is 2.98. The minimum atomic E-state index is -0.875. The molecule has 0 saturated heterocycles. The van der Waals surface area contributed by atoms with Crippen LogP contribution in [0.3, 0.4) is 0 Å². The maximum Gasteiger partial charge on any atom is 0.534 e. The molecule has 2 rings (SSSR count). The van der Waals surface area contributed by atoms with Crippen LogP contribution in [0.1, 0.15) is 12.5 Å². The Morgan fingerprint density at radius 3 is 2.12 bits per heavy atom. The van der Waals surface area contributed by atoms with Crippen molar-refractivity contribution in [1.82, 2.24) is 0 Å².